The number of aliphatic hydroxyl groups is 1. The van der Waals surface area contributed by atoms with Gasteiger partial charge in [0.2, 0.25) is 0 Å². The molecule has 0 aliphatic heterocycles. The molecule has 1 amide bonds. The molecule has 0 radical (unpaired) electrons. The fourth-order valence-electron chi connectivity index (χ4n) is 3.04. The van der Waals surface area contributed by atoms with E-state index in [1.165, 1.54) is 27.2 Å². The van der Waals surface area contributed by atoms with Crippen LogP contribution in [0.25, 0.3) is 11.1 Å². The second-order valence-corrected chi connectivity index (χ2v) is 6.83. The molecule has 1 N–H and O–H groups in total. The van der Waals surface area contributed by atoms with Gasteiger partial charge in [0.25, 0.3) is 0 Å². The minimum absolute atomic E-state index is 0.0481. The fourth-order valence-corrected chi connectivity index (χ4v) is 3.04. The van der Waals surface area contributed by atoms with Gasteiger partial charge in [-0.1, -0.05) is 48.5 Å². The van der Waals surface area contributed by atoms with Gasteiger partial charge in [0.05, 0.1) is 12.1 Å². The number of likely N-dealkylation sites (N-methyl/N-ethyl adjacent to an activating group) is 1. The molecule has 0 aromatic heterocycles. The summed E-state index contributed by atoms with van der Waals surface area (Å²) in [6.07, 6.45) is -0.420. The minimum atomic E-state index is -0.650. The Morgan fingerprint density at radius 2 is 1.58 bits per heavy atom. The van der Waals surface area contributed by atoms with Crippen molar-refractivity contribution < 1.29 is 14.6 Å². The Morgan fingerprint density at radius 3 is 2.08 bits per heavy atom. The first kappa shape index (κ1) is 16.5. The molecule has 0 saturated carbocycles. The maximum absolute atomic E-state index is 12.3. The van der Waals surface area contributed by atoms with Crippen molar-refractivity contribution in [2.75, 3.05) is 20.3 Å². The van der Waals surface area contributed by atoms with E-state index in [2.05, 4.69) is 24.3 Å². The SMILES string of the molecule is CN(C(=O)OCC1c2ccccc2-c2ccccc21)C(C)(C)CO. The first-order chi connectivity index (χ1) is 11.5. The summed E-state index contributed by atoms with van der Waals surface area (Å²) in [6, 6.07) is 16.5. The van der Waals surface area contributed by atoms with Gasteiger partial charge >= 0.3 is 6.09 Å². The highest BCUT2D eigenvalue weighted by molar-refractivity contribution is 5.79. The summed E-state index contributed by atoms with van der Waals surface area (Å²) in [7, 11) is 1.65. The second-order valence-electron chi connectivity index (χ2n) is 6.83. The van der Waals surface area contributed by atoms with E-state index < -0.39 is 11.6 Å². The average molecular weight is 325 g/mol. The molecule has 2 aromatic carbocycles. The van der Waals surface area contributed by atoms with Gasteiger partial charge < -0.3 is 14.7 Å². The highest BCUT2D eigenvalue weighted by atomic mass is 16.6. The minimum Gasteiger partial charge on any atom is -0.448 e. The van der Waals surface area contributed by atoms with E-state index >= 15 is 0 Å². The largest absolute Gasteiger partial charge is 0.448 e. The van der Waals surface area contributed by atoms with Crippen LogP contribution in [0, 0.1) is 0 Å². The summed E-state index contributed by atoms with van der Waals surface area (Å²) in [5.41, 5.74) is 4.14. The number of carbonyl (C=O) groups excluding carboxylic acids is 1. The van der Waals surface area contributed by atoms with Gasteiger partial charge in [-0.3, -0.25) is 0 Å². The zero-order valence-corrected chi connectivity index (χ0v) is 14.3. The fraction of sp³-hybridized carbons (Fsp3) is 0.350. The molecule has 0 heterocycles. The summed E-state index contributed by atoms with van der Waals surface area (Å²) in [6.45, 7) is 3.77. The van der Waals surface area contributed by atoms with Crippen molar-refractivity contribution in [1.82, 2.24) is 4.90 Å². The molecule has 4 nitrogen and oxygen atoms in total. The third-order valence-corrected chi connectivity index (χ3v) is 4.90. The second kappa shape index (κ2) is 6.29. The maximum Gasteiger partial charge on any atom is 0.410 e. The number of benzene rings is 2. The molecule has 0 atom stereocenters. The molecule has 4 heteroatoms. The zero-order valence-electron chi connectivity index (χ0n) is 14.3. The normalized spacial score (nSPS) is 13.3. The number of ether oxygens (including phenoxy) is 1. The molecule has 2 aromatic rings. The number of aliphatic hydroxyl groups excluding tert-OH is 1. The lowest BCUT2D eigenvalue weighted by Gasteiger charge is -2.33. The van der Waals surface area contributed by atoms with Crippen LogP contribution in [0.4, 0.5) is 4.79 Å². The molecule has 3 rings (SSSR count). The van der Waals surface area contributed by atoms with Crippen molar-refractivity contribution in [1.29, 1.82) is 0 Å². The predicted octanol–water partition coefficient (Wildman–Crippen LogP) is 3.64. The Kier molecular flexibility index (Phi) is 4.33. The number of carbonyl (C=O) groups is 1. The van der Waals surface area contributed by atoms with E-state index in [4.69, 9.17) is 4.74 Å². The molecule has 0 fully saturated rings. The van der Waals surface area contributed by atoms with Crippen molar-refractivity contribution in [3.63, 3.8) is 0 Å². The number of hydrogen-bond donors (Lipinski definition) is 1. The molecule has 1 aliphatic rings. The van der Waals surface area contributed by atoms with Crippen LogP contribution in [0.3, 0.4) is 0 Å². The molecule has 0 unspecified atom stereocenters. The van der Waals surface area contributed by atoms with Gasteiger partial charge in [-0.05, 0) is 36.1 Å². The van der Waals surface area contributed by atoms with Crippen molar-refractivity contribution >= 4 is 6.09 Å². The Morgan fingerprint density at radius 1 is 1.08 bits per heavy atom. The van der Waals surface area contributed by atoms with Gasteiger partial charge in [-0.25, -0.2) is 4.79 Å². The van der Waals surface area contributed by atoms with Crippen LogP contribution in [0.1, 0.15) is 30.9 Å². The monoisotopic (exact) mass is 325 g/mol. The Bertz CT molecular complexity index is 709. The summed E-state index contributed by atoms with van der Waals surface area (Å²) in [5, 5.41) is 9.40. The van der Waals surface area contributed by atoms with E-state index in [1.807, 2.05) is 24.3 Å². The lowest BCUT2D eigenvalue weighted by molar-refractivity contribution is 0.0479. The summed E-state index contributed by atoms with van der Waals surface area (Å²) >= 11 is 0. The van der Waals surface area contributed by atoms with Crippen LogP contribution in [-0.2, 0) is 4.74 Å². The average Bonchev–Trinajstić information content (AvgIpc) is 2.93. The number of fused-ring (bicyclic) bond motifs is 3. The predicted molar refractivity (Wildman–Crippen MR) is 94.0 cm³/mol. The zero-order chi connectivity index (χ0) is 17.3. The van der Waals surface area contributed by atoms with Gasteiger partial charge in [0.1, 0.15) is 6.61 Å². The summed E-state index contributed by atoms with van der Waals surface area (Å²) in [5.74, 6) is 0.0481. The molecule has 0 bridgehead atoms. The van der Waals surface area contributed by atoms with Crippen molar-refractivity contribution in [3.05, 3.63) is 59.7 Å². The van der Waals surface area contributed by atoms with Crippen LogP contribution in [-0.4, -0.2) is 41.9 Å². The van der Waals surface area contributed by atoms with Crippen LogP contribution < -0.4 is 0 Å². The smallest absolute Gasteiger partial charge is 0.410 e. The summed E-state index contributed by atoms with van der Waals surface area (Å²) < 4.78 is 5.57. The number of rotatable bonds is 4. The lowest BCUT2D eigenvalue weighted by atomic mass is 9.98. The third kappa shape index (κ3) is 2.78. The van der Waals surface area contributed by atoms with Crippen LogP contribution >= 0.6 is 0 Å². The van der Waals surface area contributed by atoms with Crippen molar-refractivity contribution in [3.8, 4) is 11.1 Å². The first-order valence-corrected chi connectivity index (χ1v) is 8.15. The van der Waals surface area contributed by atoms with Gasteiger partial charge in [0, 0.05) is 13.0 Å². The quantitative estimate of drug-likeness (QED) is 0.934. The Balaban J connectivity index is 1.80. The maximum atomic E-state index is 12.3. The number of nitrogens with zero attached hydrogens (tertiary/aromatic N) is 1. The lowest BCUT2D eigenvalue weighted by Crippen LogP contribution is -2.48. The first-order valence-electron chi connectivity index (χ1n) is 8.15. The Labute approximate surface area is 142 Å². The van der Waals surface area contributed by atoms with Crippen LogP contribution in [0.2, 0.25) is 0 Å². The van der Waals surface area contributed by atoms with E-state index in [1.54, 1.807) is 20.9 Å². The van der Waals surface area contributed by atoms with Crippen LogP contribution in [0.15, 0.2) is 48.5 Å². The highest BCUT2D eigenvalue weighted by Gasteiger charge is 2.32. The molecular formula is C20H23NO3. The topological polar surface area (TPSA) is 49.8 Å². The molecule has 0 saturated heterocycles. The van der Waals surface area contributed by atoms with Crippen LogP contribution in [0.5, 0.6) is 0 Å². The molecular weight excluding hydrogens is 302 g/mol. The summed E-state index contributed by atoms with van der Waals surface area (Å²) in [4.78, 5) is 13.8. The molecule has 0 spiro atoms. The standard InChI is InChI=1S/C20H23NO3/c1-20(2,13-22)21(3)19(23)24-12-18-16-10-6-4-8-14(16)15-9-5-7-11-17(15)18/h4-11,18,22H,12-13H2,1-3H3. The van der Waals surface area contributed by atoms with Gasteiger partial charge in [-0.15, -0.1) is 0 Å². The molecule has 1 aliphatic carbocycles. The number of amides is 1. The van der Waals surface area contributed by atoms with E-state index in [0.29, 0.717) is 6.61 Å². The van der Waals surface area contributed by atoms with Crippen molar-refractivity contribution in [2.45, 2.75) is 25.3 Å². The van der Waals surface area contributed by atoms with Crippen molar-refractivity contribution in [2.24, 2.45) is 0 Å². The van der Waals surface area contributed by atoms with Gasteiger partial charge in [-0.2, -0.15) is 0 Å². The molecule has 126 valence electrons. The third-order valence-electron chi connectivity index (χ3n) is 4.90. The van der Waals surface area contributed by atoms with Gasteiger partial charge in [0.15, 0.2) is 0 Å². The number of hydrogen-bond acceptors (Lipinski definition) is 3. The highest BCUT2D eigenvalue weighted by Crippen LogP contribution is 2.44. The van der Waals surface area contributed by atoms with E-state index in [9.17, 15) is 9.90 Å². The molecule has 24 heavy (non-hydrogen) atoms. The Hall–Kier alpha value is -2.33. The van der Waals surface area contributed by atoms with E-state index in [0.717, 1.165) is 0 Å². The van der Waals surface area contributed by atoms with E-state index in [-0.39, 0.29) is 12.5 Å².